The first-order chi connectivity index (χ1) is 10.6. The number of carbonyl (C=O) groups is 2. The van der Waals surface area contributed by atoms with E-state index in [4.69, 9.17) is 16.3 Å². The summed E-state index contributed by atoms with van der Waals surface area (Å²) in [6.07, 6.45) is 1.54. The minimum atomic E-state index is -0.635. The van der Waals surface area contributed by atoms with Crippen LogP contribution in [0, 0.1) is 0 Å². The first-order valence-corrected chi connectivity index (χ1v) is 6.90. The van der Waals surface area contributed by atoms with Gasteiger partial charge in [0.1, 0.15) is 5.70 Å². The summed E-state index contributed by atoms with van der Waals surface area (Å²) in [4.78, 5) is 24.1. The quantitative estimate of drug-likeness (QED) is 0.696. The number of carbonyl (C=O) groups excluding carboxylic acids is 2. The van der Waals surface area contributed by atoms with E-state index in [1.54, 1.807) is 30.3 Å². The summed E-state index contributed by atoms with van der Waals surface area (Å²) in [5.41, 5.74) is 1.09. The smallest absolute Gasteiger partial charge is 0.354 e. The minimum absolute atomic E-state index is 0.0404. The van der Waals surface area contributed by atoms with E-state index in [-0.39, 0.29) is 11.3 Å². The lowest BCUT2D eigenvalue weighted by Crippen LogP contribution is -2.28. The van der Waals surface area contributed by atoms with Crippen molar-refractivity contribution in [1.82, 2.24) is 5.32 Å². The van der Waals surface area contributed by atoms with Gasteiger partial charge in [-0.3, -0.25) is 4.79 Å². The summed E-state index contributed by atoms with van der Waals surface area (Å²) >= 11 is 5.98. The molecule has 0 saturated carbocycles. The molecule has 4 nitrogen and oxygen atoms in total. The molecule has 1 N–H and O–H groups in total. The van der Waals surface area contributed by atoms with E-state index >= 15 is 0 Å². The van der Waals surface area contributed by atoms with Gasteiger partial charge in [-0.2, -0.15) is 0 Å². The maximum atomic E-state index is 12.2. The van der Waals surface area contributed by atoms with Crippen LogP contribution in [0.25, 0.3) is 6.08 Å². The molecule has 0 radical (unpaired) electrons. The second-order valence-electron chi connectivity index (χ2n) is 4.39. The largest absolute Gasteiger partial charge is 0.464 e. The molecule has 0 spiro atoms. The molecular formula is C17H14ClNO3. The fourth-order valence-electron chi connectivity index (χ4n) is 1.81. The highest BCUT2D eigenvalue weighted by molar-refractivity contribution is 6.34. The topological polar surface area (TPSA) is 55.4 Å². The van der Waals surface area contributed by atoms with E-state index in [0.717, 1.165) is 5.56 Å². The Balaban J connectivity index is 2.28. The van der Waals surface area contributed by atoms with Gasteiger partial charge in [0.05, 0.1) is 17.7 Å². The van der Waals surface area contributed by atoms with Crippen molar-refractivity contribution in [2.75, 3.05) is 7.11 Å². The fraction of sp³-hybridized carbons (Fsp3) is 0.0588. The van der Waals surface area contributed by atoms with Crippen molar-refractivity contribution in [3.8, 4) is 0 Å². The van der Waals surface area contributed by atoms with Crippen LogP contribution >= 0.6 is 11.6 Å². The standard InChI is InChI=1S/C17H14ClNO3/c1-22-17(21)15(11-12-7-3-2-4-8-12)19-16(20)13-9-5-6-10-14(13)18/h2-11H,1H3,(H,19,20)/b15-11+. The first-order valence-electron chi connectivity index (χ1n) is 6.52. The molecule has 5 heteroatoms. The van der Waals surface area contributed by atoms with Crippen LogP contribution in [0.1, 0.15) is 15.9 Å². The number of hydrogen-bond acceptors (Lipinski definition) is 3. The van der Waals surface area contributed by atoms with Crippen LogP contribution in [0.3, 0.4) is 0 Å². The predicted molar refractivity (Wildman–Crippen MR) is 85.4 cm³/mol. The number of amides is 1. The maximum Gasteiger partial charge on any atom is 0.354 e. The Kier molecular flexibility index (Phi) is 5.33. The molecule has 2 rings (SSSR count). The van der Waals surface area contributed by atoms with Gasteiger partial charge < -0.3 is 10.1 Å². The van der Waals surface area contributed by atoms with Gasteiger partial charge in [0.2, 0.25) is 0 Å². The third-order valence-electron chi connectivity index (χ3n) is 2.88. The number of nitrogens with one attached hydrogen (secondary N) is 1. The normalized spacial score (nSPS) is 10.9. The second-order valence-corrected chi connectivity index (χ2v) is 4.80. The first kappa shape index (κ1) is 15.8. The molecular weight excluding hydrogens is 302 g/mol. The summed E-state index contributed by atoms with van der Waals surface area (Å²) < 4.78 is 4.70. The number of halogens is 1. The van der Waals surface area contributed by atoms with Crippen molar-refractivity contribution >= 4 is 29.6 Å². The van der Waals surface area contributed by atoms with Crippen molar-refractivity contribution < 1.29 is 14.3 Å². The number of rotatable bonds is 4. The molecule has 0 bridgehead atoms. The monoisotopic (exact) mass is 315 g/mol. The average molecular weight is 316 g/mol. The van der Waals surface area contributed by atoms with E-state index in [9.17, 15) is 9.59 Å². The average Bonchev–Trinajstić information content (AvgIpc) is 2.54. The summed E-state index contributed by atoms with van der Waals surface area (Å²) in [6.45, 7) is 0. The maximum absolute atomic E-state index is 12.2. The van der Waals surface area contributed by atoms with Gasteiger partial charge in [-0.05, 0) is 23.8 Å². The Morgan fingerprint density at radius 2 is 1.68 bits per heavy atom. The Hall–Kier alpha value is -2.59. The zero-order valence-electron chi connectivity index (χ0n) is 11.9. The van der Waals surface area contributed by atoms with Crippen molar-refractivity contribution in [3.05, 3.63) is 76.4 Å². The van der Waals surface area contributed by atoms with Gasteiger partial charge in [-0.1, -0.05) is 54.1 Å². The van der Waals surface area contributed by atoms with Gasteiger partial charge in [-0.15, -0.1) is 0 Å². The van der Waals surface area contributed by atoms with E-state index in [1.165, 1.54) is 7.11 Å². The van der Waals surface area contributed by atoms with Gasteiger partial charge in [0.25, 0.3) is 5.91 Å². The van der Waals surface area contributed by atoms with Gasteiger partial charge >= 0.3 is 5.97 Å². The van der Waals surface area contributed by atoms with Gasteiger partial charge in [-0.25, -0.2) is 4.79 Å². The molecule has 0 unspecified atom stereocenters. The summed E-state index contributed by atoms with van der Waals surface area (Å²) in [6, 6.07) is 15.7. The van der Waals surface area contributed by atoms with E-state index in [2.05, 4.69) is 5.32 Å². The van der Waals surface area contributed by atoms with E-state index < -0.39 is 11.9 Å². The van der Waals surface area contributed by atoms with Crippen molar-refractivity contribution in [2.24, 2.45) is 0 Å². The molecule has 0 aliphatic carbocycles. The number of methoxy groups -OCH3 is 1. The van der Waals surface area contributed by atoms with Crippen molar-refractivity contribution in [2.45, 2.75) is 0 Å². The molecule has 0 saturated heterocycles. The lowest BCUT2D eigenvalue weighted by Gasteiger charge is -2.09. The molecule has 2 aromatic rings. The van der Waals surface area contributed by atoms with Crippen LogP contribution in [0.5, 0.6) is 0 Å². The molecule has 0 atom stereocenters. The van der Waals surface area contributed by atoms with Gasteiger partial charge in [0, 0.05) is 0 Å². The van der Waals surface area contributed by atoms with Gasteiger partial charge in [0.15, 0.2) is 0 Å². The highest BCUT2D eigenvalue weighted by Gasteiger charge is 2.16. The Labute approximate surface area is 133 Å². The molecule has 2 aromatic carbocycles. The number of hydrogen-bond donors (Lipinski definition) is 1. The Bertz CT molecular complexity index is 711. The number of ether oxygens (including phenoxy) is 1. The molecule has 0 heterocycles. The van der Waals surface area contributed by atoms with Crippen LogP contribution in [0.15, 0.2) is 60.3 Å². The van der Waals surface area contributed by atoms with Crippen LogP contribution in [0.2, 0.25) is 5.02 Å². The van der Waals surface area contributed by atoms with Crippen LogP contribution < -0.4 is 5.32 Å². The number of benzene rings is 2. The van der Waals surface area contributed by atoms with Crippen LogP contribution in [0.4, 0.5) is 0 Å². The Morgan fingerprint density at radius 1 is 1.05 bits per heavy atom. The lowest BCUT2D eigenvalue weighted by atomic mass is 10.1. The summed E-state index contributed by atoms with van der Waals surface area (Å²) in [5.74, 6) is -1.11. The lowest BCUT2D eigenvalue weighted by molar-refractivity contribution is -0.136. The minimum Gasteiger partial charge on any atom is -0.464 e. The molecule has 22 heavy (non-hydrogen) atoms. The number of esters is 1. The van der Waals surface area contributed by atoms with E-state index in [0.29, 0.717) is 5.02 Å². The fourth-order valence-corrected chi connectivity index (χ4v) is 2.03. The highest BCUT2D eigenvalue weighted by Crippen LogP contribution is 2.15. The third kappa shape index (κ3) is 3.96. The molecule has 0 fully saturated rings. The third-order valence-corrected chi connectivity index (χ3v) is 3.21. The zero-order valence-corrected chi connectivity index (χ0v) is 12.6. The van der Waals surface area contributed by atoms with Crippen LogP contribution in [-0.4, -0.2) is 19.0 Å². The second kappa shape index (κ2) is 7.43. The SMILES string of the molecule is COC(=O)/C(=C\c1ccccc1)NC(=O)c1ccccc1Cl. The predicted octanol–water partition coefficient (Wildman–Crippen LogP) is 3.28. The summed E-state index contributed by atoms with van der Waals surface area (Å²) in [7, 11) is 1.25. The van der Waals surface area contributed by atoms with Crippen molar-refractivity contribution in [1.29, 1.82) is 0 Å². The molecule has 112 valence electrons. The molecule has 0 aliphatic heterocycles. The van der Waals surface area contributed by atoms with Crippen molar-refractivity contribution in [3.63, 3.8) is 0 Å². The molecule has 1 amide bonds. The molecule has 0 aromatic heterocycles. The van der Waals surface area contributed by atoms with Crippen LogP contribution in [-0.2, 0) is 9.53 Å². The zero-order chi connectivity index (χ0) is 15.9. The highest BCUT2D eigenvalue weighted by atomic mass is 35.5. The van der Waals surface area contributed by atoms with E-state index in [1.807, 2.05) is 30.3 Å². The summed E-state index contributed by atoms with van der Waals surface area (Å²) in [5, 5.41) is 2.85. The Morgan fingerprint density at radius 3 is 2.32 bits per heavy atom. The molecule has 0 aliphatic rings.